The number of hydrogen-bond acceptors (Lipinski definition) is 14. The number of imide groups is 3. The molecule has 350 valence electrons. The normalized spacial score (nSPS) is 31.0. The van der Waals surface area contributed by atoms with Gasteiger partial charge in [0.25, 0.3) is 35.4 Å². The molecule has 0 radical (unpaired) electrons. The lowest BCUT2D eigenvalue weighted by atomic mass is 9.61. The first-order valence-corrected chi connectivity index (χ1v) is 22.8. The van der Waals surface area contributed by atoms with Crippen LogP contribution in [0.3, 0.4) is 0 Å². The Hall–Kier alpha value is -6.21. The molecule has 7 unspecified atom stereocenters. The number of carbonyl (C=O) groups is 11. The Morgan fingerprint density at radius 1 is 0.508 bits per heavy atom. The SMILES string of the molecule is O=C(CN1C(=O)C2CC/C=C/CCC21)ON1C(=O)CCC1=O.O=C(CN1C(=O)NC2CC/C=C/CCC21)ON1C(=O)CCC1=O.O=C(ON1C(=O)CCC1=O)C1CC2CC/C=C/CCC21. The zero-order chi connectivity index (χ0) is 46.2. The second kappa shape index (κ2) is 21.2. The van der Waals surface area contributed by atoms with Gasteiger partial charge in [0.05, 0.1) is 23.9 Å². The topological polar surface area (TPSA) is 244 Å². The number of hydrogen-bond donors (Lipinski definition) is 1. The average molecular weight is 905 g/mol. The summed E-state index contributed by atoms with van der Waals surface area (Å²) < 4.78 is 0. The molecular formula is C45H56N6O14. The van der Waals surface area contributed by atoms with Crippen molar-refractivity contribution < 1.29 is 67.3 Å². The van der Waals surface area contributed by atoms with E-state index in [0.29, 0.717) is 27.0 Å². The second-order valence-electron chi connectivity index (χ2n) is 17.6. The summed E-state index contributed by atoms with van der Waals surface area (Å²) in [6.07, 6.45) is 24.9. The third-order valence-electron chi connectivity index (χ3n) is 13.5. The van der Waals surface area contributed by atoms with Crippen molar-refractivity contribution in [1.29, 1.82) is 0 Å². The highest BCUT2D eigenvalue weighted by molar-refractivity contribution is 6.03. The predicted molar refractivity (Wildman–Crippen MR) is 221 cm³/mol. The van der Waals surface area contributed by atoms with E-state index >= 15 is 0 Å². The standard InChI is InChI=1S/C15H19N3O5.C15H18N2O5.C15H19NO4/c19-12-7-8-13(20)18(12)23-14(21)9-17-11-6-4-2-1-3-5-10(11)16-15(17)22;18-12-7-8-13(19)17(12)22-14(20)9-16-11-6-4-2-1-3-5-10(11)15(16)21;17-13-7-8-14(18)16(13)20-15(19)12-9-10-5-3-1-2-4-6-11(10)12/h1-2,10-11H,3-9H2,(H,16,22);1-2,10-11H,3-9H2;1-2,10-12H,3-9H2/b3*2-1+. The minimum atomic E-state index is -0.776. The Morgan fingerprint density at radius 2 is 0.938 bits per heavy atom. The summed E-state index contributed by atoms with van der Waals surface area (Å²) in [6, 6.07) is -0.326. The van der Waals surface area contributed by atoms with Gasteiger partial charge in [-0.3, -0.25) is 33.6 Å². The maximum atomic E-state index is 12.1. The van der Waals surface area contributed by atoms with Gasteiger partial charge in [0.15, 0.2) is 0 Å². The van der Waals surface area contributed by atoms with E-state index in [9.17, 15) is 52.7 Å². The molecule has 4 aliphatic carbocycles. The molecule has 5 saturated heterocycles. The summed E-state index contributed by atoms with van der Waals surface area (Å²) in [5, 5.41) is 4.58. The van der Waals surface area contributed by atoms with Crippen molar-refractivity contribution in [2.24, 2.45) is 23.7 Å². The largest absolute Gasteiger partial charge is 0.352 e. The third-order valence-corrected chi connectivity index (χ3v) is 13.5. The lowest BCUT2D eigenvalue weighted by molar-refractivity contribution is -0.206. The van der Waals surface area contributed by atoms with E-state index in [0.717, 1.165) is 83.5 Å². The average Bonchev–Trinajstić information content (AvgIpc) is 3.94. The predicted octanol–water partition coefficient (Wildman–Crippen LogP) is 3.01. The fourth-order valence-electron chi connectivity index (χ4n) is 9.97. The number of β-lactam (4-membered cyclic amide) rings is 1. The molecule has 9 amide bonds. The number of nitrogens with one attached hydrogen (secondary N) is 1. The number of carbonyl (C=O) groups excluding carboxylic acids is 11. The number of nitrogens with zero attached hydrogens (tertiary/aromatic N) is 5. The molecule has 9 rings (SSSR count). The van der Waals surface area contributed by atoms with Crippen molar-refractivity contribution in [2.45, 2.75) is 140 Å². The van der Waals surface area contributed by atoms with Crippen molar-refractivity contribution >= 4 is 65.3 Å². The number of rotatable bonds is 8. The molecule has 20 nitrogen and oxygen atoms in total. The van der Waals surface area contributed by atoms with Gasteiger partial charge in [-0.05, 0) is 95.3 Å². The lowest BCUT2D eigenvalue weighted by Gasteiger charge is -2.47. The number of allylic oxidation sites excluding steroid dienone is 6. The third kappa shape index (κ3) is 11.0. The summed E-state index contributed by atoms with van der Waals surface area (Å²) >= 11 is 0. The van der Waals surface area contributed by atoms with Crippen molar-refractivity contribution in [3.8, 4) is 0 Å². The molecule has 0 spiro atoms. The molecule has 7 atom stereocenters. The molecule has 20 heteroatoms. The van der Waals surface area contributed by atoms with Crippen LogP contribution >= 0.6 is 0 Å². The smallest absolute Gasteiger partial charge is 0.333 e. The van der Waals surface area contributed by atoms with E-state index < -0.39 is 53.4 Å². The van der Waals surface area contributed by atoms with Crippen LogP contribution in [0, 0.1) is 23.7 Å². The number of fused-ring (bicyclic) bond motifs is 3. The highest BCUT2D eigenvalue weighted by atomic mass is 16.7. The highest BCUT2D eigenvalue weighted by Gasteiger charge is 2.49. The first kappa shape index (κ1) is 46.8. The van der Waals surface area contributed by atoms with Gasteiger partial charge in [0.1, 0.15) is 13.1 Å². The van der Waals surface area contributed by atoms with Gasteiger partial charge in [-0.1, -0.05) is 36.5 Å². The highest BCUT2D eigenvalue weighted by Crippen LogP contribution is 2.47. The van der Waals surface area contributed by atoms with Gasteiger partial charge in [0, 0.05) is 44.6 Å². The van der Waals surface area contributed by atoms with Crippen LogP contribution in [0.2, 0.25) is 0 Å². The van der Waals surface area contributed by atoms with E-state index in [1.54, 1.807) is 0 Å². The fraction of sp³-hybridized carbons (Fsp3) is 0.622. The Morgan fingerprint density at radius 3 is 1.48 bits per heavy atom. The molecular weight excluding hydrogens is 849 g/mol. The van der Waals surface area contributed by atoms with Crippen LogP contribution in [0.5, 0.6) is 0 Å². The van der Waals surface area contributed by atoms with Gasteiger partial charge < -0.3 is 29.6 Å². The van der Waals surface area contributed by atoms with Crippen LogP contribution in [0.15, 0.2) is 36.5 Å². The van der Waals surface area contributed by atoms with Gasteiger partial charge >= 0.3 is 23.9 Å². The van der Waals surface area contributed by atoms with Crippen LogP contribution in [-0.4, -0.2) is 121 Å². The zero-order valence-corrected chi connectivity index (χ0v) is 36.3. The number of hydroxylamine groups is 6. The molecule has 9 aliphatic rings. The summed E-state index contributed by atoms with van der Waals surface area (Å²) in [6.45, 7) is -0.478. The number of likely N-dealkylation sites (tertiary alicyclic amines) is 1. The van der Waals surface area contributed by atoms with Crippen LogP contribution in [0.25, 0.3) is 0 Å². The summed E-state index contributed by atoms with van der Waals surface area (Å²) in [5.74, 6) is -4.08. The van der Waals surface area contributed by atoms with Gasteiger partial charge in [-0.25, -0.2) is 19.2 Å². The molecule has 0 aromatic rings. The zero-order valence-electron chi connectivity index (χ0n) is 36.3. The van der Waals surface area contributed by atoms with E-state index in [2.05, 4.69) is 41.8 Å². The lowest BCUT2D eigenvalue weighted by Crippen LogP contribution is -2.62. The minimum Gasteiger partial charge on any atom is -0.333 e. The molecule has 1 N–H and O–H groups in total. The Balaban J connectivity index is 0.000000146. The Bertz CT molecular complexity index is 2000. The molecule has 6 fully saturated rings. The maximum absolute atomic E-state index is 12.1. The molecule has 5 heterocycles. The first-order chi connectivity index (χ1) is 31.3. The summed E-state index contributed by atoms with van der Waals surface area (Å²) in [7, 11) is 0. The van der Waals surface area contributed by atoms with E-state index in [1.165, 1.54) is 9.80 Å². The minimum absolute atomic E-state index is 0.00954. The maximum Gasteiger partial charge on any atom is 0.352 e. The second-order valence-corrected chi connectivity index (χ2v) is 17.6. The van der Waals surface area contributed by atoms with E-state index in [-0.39, 0.29) is 93.5 Å². The van der Waals surface area contributed by atoms with Crippen molar-refractivity contribution in [2.75, 3.05) is 13.1 Å². The molecule has 1 saturated carbocycles. The fourth-order valence-corrected chi connectivity index (χ4v) is 9.97. The molecule has 65 heavy (non-hydrogen) atoms. The van der Waals surface area contributed by atoms with Crippen LogP contribution in [-0.2, 0) is 62.5 Å². The molecule has 0 bridgehead atoms. The summed E-state index contributed by atoms with van der Waals surface area (Å²) in [5.41, 5.74) is 0. The van der Waals surface area contributed by atoms with Gasteiger partial charge in [-0.2, -0.15) is 0 Å². The summed E-state index contributed by atoms with van der Waals surface area (Å²) in [4.78, 5) is 147. The first-order valence-electron chi connectivity index (χ1n) is 22.8. The Labute approximate surface area is 375 Å². The van der Waals surface area contributed by atoms with Gasteiger partial charge in [-0.15, -0.1) is 15.2 Å². The monoisotopic (exact) mass is 904 g/mol. The quantitative estimate of drug-likeness (QED) is 0.209. The molecule has 0 aromatic heterocycles. The van der Waals surface area contributed by atoms with Crippen molar-refractivity contribution in [3.05, 3.63) is 36.5 Å². The van der Waals surface area contributed by atoms with Crippen molar-refractivity contribution in [1.82, 2.24) is 30.3 Å². The number of urea groups is 1. The van der Waals surface area contributed by atoms with E-state index in [4.69, 9.17) is 14.5 Å². The van der Waals surface area contributed by atoms with Crippen LogP contribution in [0.4, 0.5) is 4.79 Å². The van der Waals surface area contributed by atoms with Crippen molar-refractivity contribution in [3.63, 3.8) is 0 Å². The molecule has 0 aromatic carbocycles. The molecule has 5 aliphatic heterocycles. The van der Waals surface area contributed by atoms with E-state index in [1.807, 2.05) is 0 Å². The van der Waals surface area contributed by atoms with Crippen LogP contribution in [0.1, 0.15) is 122 Å². The number of amides is 9. The van der Waals surface area contributed by atoms with Gasteiger partial charge in [0.2, 0.25) is 5.91 Å². The Kier molecular flexibility index (Phi) is 15.2. The van der Waals surface area contributed by atoms with Crippen LogP contribution < -0.4 is 5.32 Å².